The van der Waals surface area contributed by atoms with Crippen LogP contribution in [-0.4, -0.2) is 57.3 Å². The zero-order chi connectivity index (χ0) is 27.7. The van der Waals surface area contributed by atoms with Crippen molar-refractivity contribution in [3.63, 3.8) is 0 Å². The number of benzene rings is 2. The SMILES string of the molecule is CCO[Si](/C=C/c1ccc(/N=N/c2ccc(/C=C/[Si](OCC)(OCC)OCC)cc2)cc1)(OCC)OCC. The number of nitrogens with zero attached hydrogens (tertiary/aromatic N) is 2. The third-order valence-corrected chi connectivity index (χ3v) is 10.4. The average molecular weight is 559 g/mol. The Kier molecular flexibility index (Phi) is 14.6. The van der Waals surface area contributed by atoms with E-state index in [1.54, 1.807) is 0 Å². The molecule has 0 saturated heterocycles. The minimum atomic E-state index is -2.83. The van der Waals surface area contributed by atoms with Gasteiger partial charge < -0.3 is 26.6 Å². The molecule has 8 nitrogen and oxygen atoms in total. The molecule has 0 amide bonds. The number of rotatable bonds is 18. The zero-order valence-corrected chi connectivity index (χ0v) is 25.5. The first-order valence-electron chi connectivity index (χ1n) is 13.3. The smallest absolute Gasteiger partial charge is 0.371 e. The molecule has 38 heavy (non-hydrogen) atoms. The van der Waals surface area contributed by atoms with E-state index in [-0.39, 0.29) is 0 Å². The summed E-state index contributed by atoms with van der Waals surface area (Å²) < 4.78 is 35.2. The monoisotopic (exact) mass is 558 g/mol. The van der Waals surface area contributed by atoms with Gasteiger partial charge in [-0.05, 0) is 88.3 Å². The maximum Gasteiger partial charge on any atom is 0.529 e. The van der Waals surface area contributed by atoms with Gasteiger partial charge in [0.2, 0.25) is 0 Å². The Morgan fingerprint density at radius 2 is 0.737 bits per heavy atom. The predicted octanol–water partition coefficient (Wildman–Crippen LogP) is 7.30. The molecule has 0 bridgehead atoms. The van der Waals surface area contributed by atoms with E-state index in [1.807, 2.05) is 114 Å². The van der Waals surface area contributed by atoms with Gasteiger partial charge in [-0.3, -0.25) is 0 Å². The van der Waals surface area contributed by atoms with Crippen molar-refractivity contribution in [3.8, 4) is 0 Å². The first-order valence-corrected chi connectivity index (χ1v) is 16.9. The fraction of sp³-hybridized carbons (Fsp3) is 0.429. The summed E-state index contributed by atoms with van der Waals surface area (Å²) in [5.74, 6) is 0. The molecule has 2 aromatic rings. The van der Waals surface area contributed by atoms with Crippen molar-refractivity contribution in [2.24, 2.45) is 10.2 Å². The summed E-state index contributed by atoms with van der Waals surface area (Å²) in [6.45, 7) is 14.8. The van der Waals surface area contributed by atoms with Crippen LogP contribution in [0.2, 0.25) is 0 Å². The third kappa shape index (κ3) is 10.5. The Hall–Kier alpha value is -2.29. The van der Waals surface area contributed by atoms with E-state index in [9.17, 15) is 0 Å². The van der Waals surface area contributed by atoms with Gasteiger partial charge in [-0.2, -0.15) is 10.2 Å². The molecule has 0 unspecified atom stereocenters. The summed E-state index contributed by atoms with van der Waals surface area (Å²) in [5.41, 5.74) is 7.38. The lowest BCUT2D eigenvalue weighted by atomic mass is 10.2. The van der Waals surface area contributed by atoms with Crippen molar-refractivity contribution < 1.29 is 26.6 Å². The molecule has 0 radical (unpaired) electrons. The van der Waals surface area contributed by atoms with E-state index in [1.165, 1.54) is 0 Å². The highest BCUT2D eigenvalue weighted by atomic mass is 28.4. The molecule has 0 aliphatic heterocycles. The van der Waals surface area contributed by atoms with E-state index in [4.69, 9.17) is 26.6 Å². The summed E-state index contributed by atoms with van der Waals surface area (Å²) in [5, 5.41) is 8.73. The maximum atomic E-state index is 5.87. The minimum Gasteiger partial charge on any atom is -0.371 e. The number of hydrogen-bond donors (Lipinski definition) is 0. The maximum absolute atomic E-state index is 5.87. The van der Waals surface area contributed by atoms with Crippen molar-refractivity contribution in [2.75, 3.05) is 39.6 Å². The number of azo groups is 1. The lowest BCUT2D eigenvalue weighted by molar-refractivity contribution is 0.0837. The molecule has 0 heterocycles. The van der Waals surface area contributed by atoms with E-state index < -0.39 is 17.6 Å². The Morgan fingerprint density at radius 1 is 0.474 bits per heavy atom. The van der Waals surface area contributed by atoms with Crippen molar-refractivity contribution >= 4 is 41.1 Å². The second-order valence-corrected chi connectivity index (χ2v) is 12.7. The van der Waals surface area contributed by atoms with Crippen LogP contribution in [0, 0.1) is 0 Å². The van der Waals surface area contributed by atoms with Crippen LogP contribution in [0.4, 0.5) is 11.4 Å². The van der Waals surface area contributed by atoms with Crippen molar-refractivity contribution in [3.05, 3.63) is 71.1 Å². The molecule has 0 saturated carbocycles. The van der Waals surface area contributed by atoms with Gasteiger partial charge in [0.15, 0.2) is 0 Å². The van der Waals surface area contributed by atoms with Crippen LogP contribution in [0.1, 0.15) is 52.7 Å². The Balaban J connectivity index is 2.07. The topological polar surface area (TPSA) is 80.1 Å². The first-order chi connectivity index (χ1) is 18.5. The van der Waals surface area contributed by atoms with Crippen LogP contribution < -0.4 is 0 Å². The molecule has 0 aromatic heterocycles. The van der Waals surface area contributed by atoms with Gasteiger partial charge in [-0.1, -0.05) is 36.4 Å². The lowest BCUT2D eigenvalue weighted by Crippen LogP contribution is -2.44. The predicted molar refractivity (Wildman–Crippen MR) is 156 cm³/mol. The second kappa shape index (κ2) is 17.3. The molecule has 208 valence electrons. The standard InChI is InChI=1S/C28H42N2O6Si2/c1-7-31-37(32-8-2,33-9-3)23-21-25-13-17-27(18-14-25)29-30-28-19-15-26(16-20-28)22-24-38(34-10-4,35-11-5)36-12-6/h13-24H,7-12H2,1-6H3/b23-21+,24-22+,30-29+. The van der Waals surface area contributed by atoms with Gasteiger partial charge in [-0.25, -0.2) is 0 Å². The van der Waals surface area contributed by atoms with Gasteiger partial charge >= 0.3 is 17.6 Å². The highest BCUT2D eigenvalue weighted by molar-refractivity contribution is 6.67. The Morgan fingerprint density at radius 3 is 0.974 bits per heavy atom. The largest absolute Gasteiger partial charge is 0.529 e. The van der Waals surface area contributed by atoms with Crippen molar-refractivity contribution in [2.45, 2.75) is 41.5 Å². The van der Waals surface area contributed by atoms with E-state index in [0.29, 0.717) is 39.6 Å². The van der Waals surface area contributed by atoms with Crippen molar-refractivity contribution in [1.82, 2.24) is 0 Å². The molecular formula is C28H42N2O6Si2. The van der Waals surface area contributed by atoms with Crippen LogP contribution in [0.5, 0.6) is 0 Å². The fourth-order valence-electron chi connectivity index (χ4n) is 3.56. The molecule has 2 aromatic carbocycles. The van der Waals surface area contributed by atoms with Gasteiger partial charge in [0, 0.05) is 39.6 Å². The van der Waals surface area contributed by atoms with Gasteiger partial charge in [0.1, 0.15) is 0 Å². The van der Waals surface area contributed by atoms with Crippen LogP contribution in [-0.2, 0) is 26.6 Å². The molecular weight excluding hydrogens is 516 g/mol. The highest BCUT2D eigenvalue weighted by Gasteiger charge is 2.38. The molecule has 0 atom stereocenters. The highest BCUT2D eigenvalue weighted by Crippen LogP contribution is 2.22. The molecule has 0 N–H and O–H groups in total. The van der Waals surface area contributed by atoms with E-state index in [0.717, 1.165) is 22.5 Å². The summed E-state index contributed by atoms with van der Waals surface area (Å²) in [6, 6.07) is 15.6. The summed E-state index contributed by atoms with van der Waals surface area (Å²) >= 11 is 0. The lowest BCUT2D eigenvalue weighted by Gasteiger charge is -2.25. The summed E-state index contributed by atoms with van der Waals surface area (Å²) in [6.07, 6.45) is 3.95. The number of hydrogen-bond acceptors (Lipinski definition) is 8. The van der Waals surface area contributed by atoms with Crippen LogP contribution >= 0.6 is 0 Å². The van der Waals surface area contributed by atoms with E-state index >= 15 is 0 Å². The van der Waals surface area contributed by atoms with Gasteiger partial charge in [0.05, 0.1) is 11.4 Å². The van der Waals surface area contributed by atoms with Gasteiger partial charge in [0.25, 0.3) is 0 Å². The van der Waals surface area contributed by atoms with E-state index in [2.05, 4.69) is 10.2 Å². The first kappa shape index (κ1) is 31.9. The fourth-order valence-corrected chi connectivity index (χ4v) is 7.85. The Bertz CT molecular complexity index is 897. The van der Waals surface area contributed by atoms with Gasteiger partial charge in [-0.15, -0.1) is 0 Å². The molecule has 2 rings (SSSR count). The molecule has 0 aliphatic carbocycles. The normalized spacial score (nSPS) is 12.9. The quantitative estimate of drug-likeness (QED) is 0.141. The van der Waals surface area contributed by atoms with Crippen LogP contribution in [0.3, 0.4) is 0 Å². The Labute approximate surface area is 230 Å². The molecule has 0 fully saturated rings. The zero-order valence-electron chi connectivity index (χ0n) is 23.5. The average Bonchev–Trinajstić information content (AvgIpc) is 2.92. The summed E-state index contributed by atoms with van der Waals surface area (Å²) in [7, 11) is -5.66. The third-order valence-electron chi connectivity index (χ3n) is 5.10. The van der Waals surface area contributed by atoms with Crippen LogP contribution in [0.15, 0.2) is 70.2 Å². The minimum absolute atomic E-state index is 0.531. The summed E-state index contributed by atoms with van der Waals surface area (Å²) in [4.78, 5) is 0. The second-order valence-electron chi connectivity index (χ2n) is 7.85. The van der Waals surface area contributed by atoms with Crippen molar-refractivity contribution in [1.29, 1.82) is 0 Å². The molecule has 0 spiro atoms. The van der Waals surface area contributed by atoms with Crippen LogP contribution in [0.25, 0.3) is 12.2 Å². The molecule has 0 aliphatic rings. The molecule has 10 heteroatoms.